The predicted octanol–water partition coefficient (Wildman–Crippen LogP) is 6.09. The number of aryl methyl sites for hydroxylation is 3. The number of rotatable bonds is 12. The summed E-state index contributed by atoms with van der Waals surface area (Å²) in [6.45, 7) is 4.49. The topological polar surface area (TPSA) is 86.1 Å². The highest BCUT2D eigenvalue weighted by molar-refractivity contribution is 5.98. The highest BCUT2D eigenvalue weighted by atomic mass is 19.4. The van der Waals surface area contributed by atoms with Crippen LogP contribution in [-0.4, -0.2) is 39.4 Å². The number of benzene rings is 3. The van der Waals surface area contributed by atoms with Crippen LogP contribution in [0.15, 0.2) is 73.1 Å². The molecular weight excluding hydrogens is 533 g/mol. The standard InChI is InChI=1S/C31H31F3N4O3/c1-21-6-9-25(22(2)17-21)18-27(39)19-29(40)35-16-4-3-5-23-7-10-24(11-8-23)30-36-20-38(37-30)26-12-14-28(15-13-26)41-31(32,33)34/h6-15,17,20H,3-5,16,18-19H2,1-2H3,(H,35,40). The maximum atomic E-state index is 12.4. The summed E-state index contributed by atoms with van der Waals surface area (Å²) in [5, 5.41) is 7.25. The van der Waals surface area contributed by atoms with Crippen LogP contribution in [0, 0.1) is 13.8 Å². The zero-order valence-electron chi connectivity index (χ0n) is 22.9. The normalized spacial score (nSPS) is 11.3. The smallest absolute Gasteiger partial charge is 0.406 e. The number of alkyl halides is 3. The molecule has 0 atom stereocenters. The minimum atomic E-state index is -4.74. The van der Waals surface area contributed by atoms with E-state index in [1.807, 2.05) is 56.3 Å². The Morgan fingerprint density at radius 3 is 2.37 bits per heavy atom. The fourth-order valence-electron chi connectivity index (χ4n) is 4.38. The van der Waals surface area contributed by atoms with Crippen LogP contribution in [0.5, 0.6) is 5.75 Å². The zero-order valence-corrected chi connectivity index (χ0v) is 22.9. The first kappa shape index (κ1) is 29.5. The minimum absolute atomic E-state index is 0.0951. The second-order valence-electron chi connectivity index (χ2n) is 9.88. The first-order valence-electron chi connectivity index (χ1n) is 13.3. The summed E-state index contributed by atoms with van der Waals surface area (Å²) in [6, 6.07) is 19.1. The van der Waals surface area contributed by atoms with E-state index in [0.29, 0.717) is 18.1 Å². The van der Waals surface area contributed by atoms with Crippen molar-refractivity contribution in [2.45, 2.75) is 52.3 Å². The number of ketones is 1. The fraction of sp³-hybridized carbons (Fsp3) is 0.290. The Labute approximate surface area is 236 Å². The molecule has 214 valence electrons. The lowest BCUT2D eigenvalue weighted by molar-refractivity contribution is -0.274. The zero-order chi connectivity index (χ0) is 29.4. The van der Waals surface area contributed by atoms with E-state index < -0.39 is 6.36 Å². The maximum Gasteiger partial charge on any atom is 0.573 e. The summed E-state index contributed by atoms with van der Waals surface area (Å²) in [6.07, 6.45) is -0.610. The largest absolute Gasteiger partial charge is 0.573 e. The number of halogens is 3. The van der Waals surface area contributed by atoms with Crippen LogP contribution in [0.1, 0.15) is 41.5 Å². The van der Waals surface area contributed by atoms with Crippen molar-refractivity contribution in [3.63, 3.8) is 0 Å². The molecule has 0 saturated heterocycles. The third kappa shape index (κ3) is 9.02. The molecule has 3 aromatic carbocycles. The monoisotopic (exact) mass is 564 g/mol. The van der Waals surface area contributed by atoms with Gasteiger partial charge in [0.05, 0.1) is 12.1 Å². The first-order valence-corrected chi connectivity index (χ1v) is 13.3. The third-order valence-corrected chi connectivity index (χ3v) is 6.50. The van der Waals surface area contributed by atoms with Gasteiger partial charge in [0.25, 0.3) is 0 Å². The molecular formula is C31H31F3N4O3. The van der Waals surface area contributed by atoms with Crippen LogP contribution in [0.2, 0.25) is 0 Å². The van der Waals surface area contributed by atoms with Crippen LogP contribution in [0.25, 0.3) is 17.1 Å². The van der Waals surface area contributed by atoms with Crippen LogP contribution < -0.4 is 10.1 Å². The van der Waals surface area contributed by atoms with Gasteiger partial charge in [-0.1, -0.05) is 48.0 Å². The maximum absolute atomic E-state index is 12.4. The Hall–Kier alpha value is -4.47. The SMILES string of the molecule is Cc1ccc(CC(=O)CC(=O)NCCCCc2ccc(-c3ncn(-c4ccc(OC(F)(F)F)cc4)n3)cc2)c(C)c1. The van der Waals surface area contributed by atoms with Crippen molar-refractivity contribution < 1.29 is 27.5 Å². The molecule has 41 heavy (non-hydrogen) atoms. The summed E-state index contributed by atoms with van der Waals surface area (Å²) in [7, 11) is 0. The average Bonchev–Trinajstić information content (AvgIpc) is 3.40. The number of aromatic nitrogens is 3. The number of nitrogens with zero attached hydrogens (tertiary/aromatic N) is 3. The van der Waals surface area contributed by atoms with E-state index >= 15 is 0 Å². The van der Waals surface area contributed by atoms with Gasteiger partial charge in [-0.2, -0.15) is 0 Å². The van der Waals surface area contributed by atoms with Gasteiger partial charge in [-0.15, -0.1) is 18.3 Å². The molecule has 7 nitrogen and oxygen atoms in total. The summed E-state index contributed by atoms with van der Waals surface area (Å²) >= 11 is 0. The average molecular weight is 565 g/mol. The number of nitrogens with one attached hydrogen (secondary N) is 1. The molecule has 10 heteroatoms. The highest BCUT2D eigenvalue weighted by Crippen LogP contribution is 2.24. The van der Waals surface area contributed by atoms with E-state index in [1.54, 1.807) is 0 Å². The van der Waals surface area contributed by atoms with Gasteiger partial charge in [-0.3, -0.25) is 9.59 Å². The Morgan fingerprint density at radius 1 is 0.951 bits per heavy atom. The third-order valence-electron chi connectivity index (χ3n) is 6.50. The van der Waals surface area contributed by atoms with Crippen molar-refractivity contribution >= 4 is 11.7 Å². The Bertz CT molecular complexity index is 1480. The van der Waals surface area contributed by atoms with Gasteiger partial charge < -0.3 is 10.1 Å². The second-order valence-corrected chi connectivity index (χ2v) is 9.88. The van der Waals surface area contributed by atoms with E-state index in [4.69, 9.17) is 0 Å². The molecule has 0 aliphatic rings. The highest BCUT2D eigenvalue weighted by Gasteiger charge is 2.31. The number of ether oxygens (including phenoxy) is 1. The van der Waals surface area contributed by atoms with E-state index in [0.717, 1.165) is 47.1 Å². The van der Waals surface area contributed by atoms with Crippen LogP contribution in [0.4, 0.5) is 13.2 Å². The molecule has 0 aliphatic heterocycles. The molecule has 1 heterocycles. The molecule has 1 N–H and O–H groups in total. The number of carbonyl (C=O) groups is 2. The molecule has 4 aromatic rings. The molecule has 0 spiro atoms. The van der Waals surface area contributed by atoms with Gasteiger partial charge >= 0.3 is 6.36 Å². The molecule has 0 bridgehead atoms. The van der Waals surface area contributed by atoms with Crippen molar-refractivity contribution in [2.75, 3.05) is 6.54 Å². The molecule has 0 fully saturated rings. The van der Waals surface area contributed by atoms with Gasteiger partial charge in [-0.05, 0) is 74.1 Å². The van der Waals surface area contributed by atoms with Gasteiger partial charge in [0.1, 0.15) is 17.9 Å². The van der Waals surface area contributed by atoms with Gasteiger partial charge in [0.2, 0.25) is 5.91 Å². The lowest BCUT2D eigenvalue weighted by atomic mass is 10.00. The number of amides is 1. The van der Waals surface area contributed by atoms with Crippen molar-refractivity contribution in [3.8, 4) is 22.8 Å². The molecule has 0 aliphatic carbocycles. The number of unbranched alkanes of at least 4 members (excludes halogenated alkanes) is 1. The Balaban J connectivity index is 1.18. The Morgan fingerprint density at radius 2 is 1.68 bits per heavy atom. The summed E-state index contributed by atoms with van der Waals surface area (Å²) in [4.78, 5) is 28.7. The molecule has 4 rings (SSSR count). The van der Waals surface area contributed by atoms with Gasteiger partial charge in [-0.25, -0.2) is 9.67 Å². The Kier molecular flexibility index (Phi) is 9.54. The van der Waals surface area contributed by atoms with Crippen LogP contribution in [-0.2, 0) is 22.4 Å². The van der Waals surface area contributed by atoms with Gasteiger partial charge in [0.15, 0.2) is 5.82 Å². The quantitative estimate of drug-likeness (QED) is 0.166. The molecule has 0 unspecified atom stereocenters. The summed E-state index contributed by atoms with van der Waals surface area (Å²) in [5.41, 5.74) is 5.64. The van der Waals surface area contributed by atoms with E-state index in [9.17, 15) is 22.8 Å². The van der Waals surface area contributed by atoms with Crippen molar-refractivity contribution in [2.24, 2.45) is 0 Å². The van der Waals surface area contributed by atoms with Crippen molar-refractivity contribution in [1.82, 2.24) is 20.1 Å². The second kappa shape index (κ2) is 13.3. The fourth-order valence-corrected chi connectivity index (χ4v) is 4.38. The molecule has 1 amide bonds. The number of carbonyl (C=O) groups excluding carboxylic acids is 2. The minimum Gasteiger partial charge on any atom is -0.406 e. The molecule has 0 saturated carbocycles. The van der Waals surface area contributed by atoms with E-state index in [1.165, 1.54) is 35.3 Å². The van der Waals surface area contributed by atoms with Gasteiger partial charge in [0, 0.05) is 18.5 Å². The molecule has 0 radical (unpaired) electrons. The summed E-state index contributed by atoms with van der Waals surface area (Å²) < 4.78 is 42.4. The predicted molar refractivity (Wildman–Crippen MR) is 149 cm³/mol. The lowest BCUT2D eigenvalue weighted by Crippen LogP contribution is -2.27. The first-order chi connectivity index (χ1) is 19.6. The van der Waals surface area contributed by atoms with Crippen LogP contribution >= 0.6 is 0 Å². The van der Waals surface area contributed by atoms with Crippen molar-refractivity contribution in [1.29, 1.82) is 0 Å². The molecule has 1 aromatic heterocycles. The number of hydrogen-bond acceptors (Lipinski definition) is 5. The number of Topliss-reactive ketones (excluding diaryl/α,β-unsaturated/α-hetero) is 1. The van der Waals surface area contributed by atoms with E-state index in [-0.39, 0.29) is 30.3 Å². The summed E-state index contributed by atoms with van der Waals surface area (Å²) in [5.74, 6) is -0.162. The van der Waals surface area contributed by atoms with Crippen molar-refractivity contribution in [3.05, 3.63) is 95.3 Å². The van der Waals surface area contributed by atoms with E-state index in [2.05, 4.69) is 20.1 Å². The van der Waals surface area contributed by atoms with Crippen LogP contribution in [0.3, 0.4) is 0 Å². The number of hydrogen-bond donors (Lipinski definition) is 1. The lowest BCUT2D eigenvalue weighted by Gasteiger charge is -2.09.